The zero-order valence-electron chi connectivity index (χ0n) is 31.2. The highest BCUT2D eigenvalue weighted by molar-refractivity contribution is 6.19. The Hall–Kier alpha value is -7.89. The Labute approximate surface area is 333 Å². The lowest BCUT2D eigenvalue weighted by molar-refractivity contribution is 0.620. The highest BCUT2D eigenvalue weighted by Crippen LogP contribution is 2.44. The average molecular weight is 744 g/mol. The van der Waals surface area contributed by atoms with E-state index in [-0.39, 0.29) is 0 Å². The molecule has 0 N–H and O–H groups in total. The minimum absolute atomic E-state index is 0.617. The van der Waals surface area contributed by atoms with Crippen LogP contribution in [0.25, 0.3) is 93.9 Å². The summed E-state index contributed by atoms with van der Waals surface area (Å²) < 4.78 is 15.0. The Morgan fingerprint density at radius 3 is 1.97 bits per heavy atom. The topological polar surface area (TPSA) is 47.3 Å². The summed E-state index contributed by atoms with van der Waals surface area (Å²) in [6, 6.07) is 70.5. The van der Waals surface area contributed by atoms with Crippen molar-refractivity contribution in [2.45, 2.75) is 0 Å². The first kappa shape index (κ1) is 32.4. The van der Waals surface area contributed by atoms with E-state index in [9.17, 15) is 0 Å². The van der Waals surface area contributed by atoms with Crippen molar-refractivity contribution in [1.82, 2.24) is 9.55 Å². The lowest BCUT2D eigenvalue weighted by atomic mass is 10.0. The molecule has 0 saturated heterocycles. The number of rotatable bonds is 6. The van der Waals surface area contributed by atoms with Crippen LogP contribution in [0.2, 0.25) is 0 Å². The number of benzene rings is 9. The van der Waals surface area contributed by atoms with Gasteiger partial charge >= 0.3 is 0 Å². The molecule has 0 spiro atoms. The van der Waals surface area contributed by atoms with Gasteiger partial charge in [0.1, 0.15) is 16.7 Å². The van der Waals surface area contributed by atoms with Gasteiger partial charge in [0.2, 0.25) is 5.89 Å². The van der Waals surface area contributed by atoms with E-state index in [1.54, 1.807) is 0 Å². The summed E-state index contributed by atoms with van der Waals surface area (Å²) in [6.45, 7) is 0. The van der Waals surface area contributed by atoms with Gasteiger partial charge in [0.05, 0.1) is 11.0 Å². The molecule has 0 aliphatic rings. The lowest BCUT2D eigenvalue weighted by Gasteiger charge is -2.26. The third kappa shape index (κ3) is 5.14. The number of para-hydroxylation sites is 2. The molecule has 0 unspecified atom stereocenters. The molecule has 12 aromatic rings. The molecule has 0 saturated carbocycles. The summed E-state index contributed by atoms with van der Waals surface area (Å²) >= 11 is 0. The van der Waals surface area contributed by atoms with E-state index >= 15 is 0 Å². The molecule has 0 amide bonds. The van der Waals surface area contributed by atoms with E-state index in [1.807, 2.05) is 48.5 Å². The van der Waals surface area contributed by atoms with Crippen LogP contribution in [0, 0.1) is 0 Å². The van der Waals surface area contributed by atoms with Crippen molar-refractivity contribution < 1.29 is 8.83 Å². The van der Waals surface area contributed by atoms with Gasteiger partial charge in [-0.1, -0.05) is 109 Å². The third-order valence-corrected chi connectivity index (χ3v) is 11.4. The van der Waals surface area contributed by atoms with Crippen LogP contribution in [0.3, 0.4) is 0 Å². The number of aromatic nitrogens is 2. The molecule has 0 aliphatic heterocycles. The Morgan fingerprint density at radius 2 is 1.09 bits per heavy atom. The fourth-order valence-corrected chi connectivity index (χ4v) is 8.69. The molecule has 0 fully saturated rings. The number of hydrogen-bond acceptors (Lipinski definition) is 4. The smallest absolute Gasteiger partial charge is 0.227 e. The highest BCUT2D eigenvalue weighted by atomic mass is 16.3. The van der Waals surface area contributed by atoms with E-state index in [0.29, 0.717) is 5.89 Å². The van der Waals surface area contributed by atoms with E-state index in [0.717, 1.165) is 78.0 Å². The van der Waals surface area contributed by atoms with E-state index in [2.05, 4.69) is 161 Å². The van der Waals surface area contributed by atoms with Crippen molar-refractivity contribution in [3.05, 3.63) is 200 Å². The number of hydrogen-bond donors (Lipinski definition) is 0. The van der Waals surface area contributed by atoms with E-state index in [4.69, 9.17) is 13.8 Å². The summed E-state index contributed by atoms with van der Waals surface area (Å²) in [4.78, 5) is 7.14. The average Bonchev–Trinajstić information content (AvgIpc) is 3.99. The normalized spacial score (nSPS) is 11.8. The van der Waals surface area contributed by atoms with Gasteiger partial charge in [-0.05, 0) is 108 Å². The summed E-state index contributed by atoms with van der Waals surface area (Å²) in [5.41, 5.74) is 13.0. The quantitative estimate of drug-likeness (QED) is 0.170. The van der Waals surface area contributed by atoms with Crippen LogP contribution >= 0.6 is 0 Å². The van der Waals surface area contributed by atoms with Crippen molar-refractivity contribution >= 4 is 82.7 Å². The van der Waals surface area contributed by atoms with Crippen LogP contribution in [-0.2, 0) is 0 Å². The van der Waals surface area contributed by atoms with Crippen molar-refractivity contribution in [2.75, 3.05) is 4.90 Å². The van der Waals surface area contributed by atoms with Crippen LogP contribution in [0.1, 0.15) is 0 Å². The molecule has 5 nitrogen and oxygen atoms in total. The first-order valence-electron chi connectivity index (χ1n) is 19.5. The fourth-order valence-electron chi connectivity index (χ4n) is 8.69. The SMILES string of the molecule is c1ccc(-c2nc3ccc(-c4cccc(N(c5ccc6oc7ccccc7c6c5)c5ccc6c(c5)c5ccc7ccccc7c5n6-c5ccccc5)c4)cc3o2)cc1. The molecule has 5 heteroatoms. The van der Waals surface area contributed by atoms with Gasteiger partial charge in [0, 0.05) is 55.2 Å². The van der Waals surface area contributed by atoms with Gasteiger partial charge in [0.15, 0.2) is 5.58 Å². The molecule has 0 aliphatic carbocycles. The Balaban J connectivity index is 1.06. The maximum Gasteiger partial charge on any atom is 0.227 e. The molecule has 0 atom stereocenters. The molecule has 12 rings (SSSR count). The zero-order valence-corrected chi connectivity index (χ0v) is 31.2. The van der Waals surface area contributed by atoms with E-state index < -0.39 is 0 Å². The second-order valence-corrected chi connectivity index (χ2v) is 14.8. The minimum Gasteiger partial charge on any atom is -0.456 e. The Bertz CT molecular complexity index is 3520. The monoisotopic (exact) mass is 743 g/mol. The first-order chi connectivity index (χ1) is 28.7. The summed E-state index contributed by atoms with van der Waals surface area (Å²) in [5, 5.41) is 7.00. The van der Waals surface area contributed by atoms with Gasteiger partial charge in [-0.2, -0.15) is 0 Å². The molecule has 272 valence electrons. The second kappa shape index (κ2) is 12.8. The predicted octanol–water partition coefficient (Wildman–Crippen LogP) is 14.8. The third-order valence-electron chi connectivity index (χ3n) is 11.4. The van der Waals surface area contributed by atoms with Crippen LogP contribution < -0.4 is 4.90 Å². The number of anilines is 3. The standard InChI is InChI=1S/C53H33N3O2/c1-3-13-35(14-4-1)53-54-47-27-23-37(31-51(47)58-53)36-15-11-18-39(30-36)55(41-25-29-50-46(33-41)43-20-9-10-21-49(43)57-50)40-24-28-48-45(32-40)44-26-22-34-12-7-8-19-42(34)52(44)56(48)38-16-5-2-6-17-38/h1-33H. The van der Waals surface area contributed by atoms with Crippen LogP contribution in [0.5, 0.6) is 0 Å². The Kier molecular flexibility index (Phi) is 7.16. The fraction of sp³-hybridized carbons (Fsp3) is 0. The number of fused-ring (bicyclic) bond motifs is 9. The van der Waals surface area contributed by atoms with Crippen molar-refractivity contribution in [2.24, 2.45) is 0 Å². The summed E-state index contributed by atoms with van der Waals surface area (Å²) in [5.74, 6) is 0.617. The number of nitrogens with zero attached hydrogens (tertiary/aromatic N) is 3. The highest BCUT2D eigenvalue weighted by Gasteiger charge is 2.21. The van der Waals surface area contributed by atoms with Crippen LogP contribution in [-0.4, -0.2) is 9.55 Å². The summed E-state index contributed by atoms with van der Waals surface area (Å²) in [6.07, 6.45) is 0. The van der Waals surface area contributed by atoms with Gasteiger partial charge in [0.25, 0.3) is 0 Å². The maximum atomic E-state index is 6.31. The van der Waals surface area contributed by atoms with Gasteiger partial charge < -0.3 is 18.3 Å². The first-order valence-corrected chi connectivity index (χ1v) is 19.5. The molecule has 3 heterocycles. The lowest BCUT2D eigenvalue weighted by Crippen LogP contribution is -2.10. The number of furan rings is 1. The minimum atomic E-state index is 0.617. The predicted molar refractivity (Wildman–Crippen MR) is 239 cm³/mol. The largest absolute Gasteiger partial charge is 0.456 e. The zero-order chi connectivity index (χ0) is 38.2. The Morgan fingerprint density at radius 1 is 0.397 bits per heavy atom. The molecule has 9 aromatic carbocycles. The van der Waals surface area contributed by atoms with Crippen molar-refractivity contribution in [3.8, 4) is 28.3 Å². The molecule has 0 radical (unpaired) electrons. The molecular formula is C53H33N3O2. The second-order valence-electron chi connectivity index (χ2n) is 14.8. The van der Waals surface area contributed by atoms with Crippen LogP contribution in [0.15, 0.2) is 209 Å². The number of oxazole rings is 1. The van der Waals surface area contributed by atoms with Gasteiger partial charge in [-0.25, -0.2) is 4.98 Å². The molecule has 58 heavy (non-hydrogen) atoms. The van der Waals surface area contributed by atoms with Gasteiger partial charge in [-0.3, -0.25) is 0 Å². The maximum absolute atomic E-state index is 6.31. The molecular weight excluding hydrogens is 711 g/mol. The molecule has 3 aromatic heterocycles. The van der Waals surface area contributed by atoms with E-state index in [1.165, 1.54) is 27.1 Å². The van der Waals surface area contributed by atoms with Crippen molar-refractivity contribution in [1.29, 1.82) is 0 Å². The van der Waals surface area contributed by atoms with Gasteiger partial charge in [-0.15, -0.1) is 0 Å². The molecule has 0 bridgehead atoms. The van der Waals surface area contributed by atoms with Crippen molar-refractivity contribution in [3.63, 3.8) is 0 Å². The van der Waals surface area contributed by atoms with Crippen LogP contribution in [0.4, 0.5) is 17.1 Å². The summed E-state index contributed by atoms with van der Waals surface area (Å²) in [7, 11) is 0.